The van der Waals surface area contributed by atoms with E-state index in [0.717, 1.165) is 5.56 Å². The third-order valence-electron chi connectivity index (χ3n) is 3.88. The second-order valence-electron chi connectivity index (χ2n) is 5.84. The van der Waals surface area contributed by atoms with Gasteiger partial charge in [0.1, 0.15) is 0 Å². The number of benzene rings is 1. The first-order valence-electron chi connectivity index (χ1n) is 8.51. The van der Waals surface area contributed by atoms with Crippen LogP contribution in [0.15, 0.2) is 45.6 Å². The van der Waals surface area contributed by atoms with Crippen LogP contribution in [0, 0.1) is 6.92 Å². The van der Waals surface area contributed by atoms with Crippen LogP contribution in [-0.2, 0) is 27.8 Å². The fraction of sp³-hybridized carbons (Fsp3) is 0.389. The van der Waals surface area contributed by atoms with Gasteiger partial charge in [0.05, 0.1) is 18.0 Å². The number of hydrogen-bond acceptors (Lipinski definition) is 5. The zero-order valence-electron chi connectivity index (χ0n) is 16.2. The normalized spacial score (nSPS) is 11.8. The Morgan fingerprint density at radius 3 is 2.61 bits per heavy atom. The zero-order valence-corrected chi connectivity index (χ0v) is 20.2. The van der Waals surface area contributed by atoms with Crippen LogP contribution in [0.2, 0.25) is 0 Å². The van der Waals surface area contributed by atoms with Crippen molar-refractivity contribution in [2.75, 3.05) is 27.3 Å². The first-order valence-corrected chi connectivity index (χ1v) is 10.9. The molecule has 0 spiro atoms. The molecular formula is C18H27IN4O3S2. The number of nitrogens with one attached hydrogen (secondary N) is 3. The van der Waals surface area contributed by atoms with Gasteiger partial charge in [0.2, 0.25) is 10.0 Å². The highest BCUT2D eigenvalue weighted by atomic mass is 127. The quantitative estimate of drug-likeness (QED) is 0.198. The summed E-state index contributed by atoms with van der Waals surface area (Å²) in [5.74, 6) is 0.661. The van der Waals surface area contributed by atoms with Crippen molar-refractivity contribution in [2.24, 2.45) is 4.99 Å². The van der Waals surface area contributed by atoms with E-state index in [0.29, 0.717) is 25.7 Å². The van der Waals surface area contributed by atoms with Crippen LogP contribution in [-0.4, -0.2) is 41.7 Å². The maximum absolute atomic E-state index is 12.3. The predicted molar refractivity (Wildman–Crippen MR) is 125 cm³/mol. The smallest absolute Gasteiger partial charge is 0.240 e. The van der Waals surface area contributed by atoms with Crippen molar-refractivity contribution < 1.29 is 13.2 Å². The van der Waals surface area contributed by atoms with Gasteiger partial charge in [-0.1, -0.05) is 12.1 Å². The number of aliphatic imine (C=N–C) groups is 1. The Morgan fingerprint density at radius 1 is 1.21 bits per heavy atom. The fourth-order valence-electron chi connectivity index (χ4n) is 2.34. The molecule has 0 aliphatic rings. The number of thiophene rings is 1. The largest absolute Gasteiger partial charge is 0.383 e. The highest BCUT2D eigenvalue weighted by molar-refractivity contribution is 14.0. The summed E-state index contributed by atoms with van der Waals surface area (Å²) < 4.78 is 32.0. The first kappa shape index (κ1) is 24.8. The van der Waals surface area contributed by atoms with Gasteiger partial charge in [-0.05, 0) is 41.6 Å². The Bertz CT molecular complexity index is 869. The summed E-state index contributed by atoms with van der Waals surface area (Å²) in [7, 11) is -0.311. The van der Waals surface area contributed by atoms with Crippen LogP contribution in [0.4, 0.5) is 0 Å². The van der Waals surface area contributed by atoms with Crippen molar-refractivity contribution in [2.45, 2.75) is 24.9 Å². The van der Waals surface area contributed by atoms with E-state index in [9.17, 15) is 8.42 Å². The number of guanidine groups is 1. The van der Waals surface area contributed by atoms with Gasteiger partial charge < -0.3 is 15.4 Å². The van der Waals surface area contributed by atoms with E-state index >= 15 is 0 Å². The van der Waals surface area contributed by atoms with Crippen molar-refractivity contribution in [3.63, 3.8) is 0 Å². The van der Waals surface area contributed by atoms with Crippen LogP contribution in [0.25, 0.3) is 0 Å². The number of methoxy groups -OCH3 is 1. The minimum atomic E-state index is -3.55. The predicted octanol–water partition coefficient (Wildman–Crippen LogP) is 2.46. The van der Waals surface area contributed by atoms with Gasteiger partial charge in [0, 0.05) is 32.1 Å². The molecule has 0 saturated heterocycles. The van der Waals surface area contributed by atoms with E-state index in [-0.39, 0.29) is 35.4 Å². The van der Waals surface area contributed by atoms with Crippen LogP contribution in [0.5, 0.6) is 0 Å². The summed E-state index contributed by atoms with van der Waals surface area (Å²) in [6.45, 7) is 3.80. The number of rotatable bonds is 9. The van der Waals surface area contributed by atoms with Crippen LogP contribution >= 0.6 is 35.3 Å². The van der Waals surface area contributed by atoms with E-state index in [1.54, 1.807) is 36.6 Å². The third-order valence-corrected chi connectivity index (χ3v) is 6.36. The Kier molecular flexibility index (Phi) is 11.0. The topological polar surface area (TPSA) is 91.8 Å². The standard InChI is InChI=1S/C18H26N4O3S2.HI/c1-14-7-10-26-17(14)13-21-18(19-2)20-12-15-5-4-6-16(11-15)27(23,24)22-8-9-25-3;/h4-7,10-11,22H,8-9,12-13H2,1-3H3,(H2,19,20,21);1H. The first-order chi connectivity index (χ1) is 13.0. The van der Waals surface area contributed by atoms with Crippen molar-refractivity contribution in [1.29, 1.82) is 0 Å². The minimum absolute atomic E-state index is 0. The maximum atomic E-state index is 12.3. The molecule has 1 aromatic heterocycles. The molecular weight excluding hydrogens is 511 g/mol. The molecule has 7 nitrogen and oxygen atoms in total. The van der Waals surface area contributed by atoms with Crippen molar-refractivity contribution in [1.82, 2.24) is 15.4 Å². The van der Waals surface area contributed by atoms with Gasteiger partial charge >= 0.3 is 0 Å². The molecule has 10 heteroatoms. The molecule has 0 radical (unpaired) electrons. The molecule has 0 amide bonds. The van der Waals surface area contributed by atoms with E-state index in [1.165, 1.54) is 17.6 Å². The molecule has 2 rings (SSSR count). The van der Waals surface area contributed by atoms with E-state index in [4.69, 9.17) is 4.74 Å². The second-order valence-corrected chi connectivity index (χ2v) is 8.61. The molecule has 0 aliphatic heterocycles. The average Bonchev–Trinajstić information content (AvgIpc) is 3.07. The number of ether oxygens (including phenoxy) is 1. The van der Waals surface area contributed by atoms with Gasteiger partial charge in [-0.2, -0.15) is 0 Å². The molecule has 0 atom stereocenters. The molecule has 1 aromatic carbocycles. The Balaban J connectivity index is 0.00000392. The molecule has 0 bridgehead atoms. The second kappa shape index (κ2) is 12.4. The summed E-state index contributed by atoms with van der Waals surface area (Å²) in [5.41, 5.74) is 2.10. The lowest BCUT2D eigenvalue weighted by Gasteiger charge is -2.13. The van der Waals surface area contributed by atoms with E-state index < -0.39 is 10.0 Å². The molecule has 28 heavy (non-hydrogen) atoms. The van der Waals surface area contributed by atoms with Gasteiger partial charge in [-0.3, -0.25) is 4.99 Å². The SMILES string of the molecule is CN=C(NCc1cccc(S(=O)(=O)NCCOC)c1)NCc1sccc1C.I. The summed E-state index contributed by atoms with van der Waals surface area (Å²) in [6.07, 6.45) is 0. The average molecular weight is 538 g/mol. The summed E-state index contributed by atoms with van der Waals surface area (Å²) in [6, 6.07) is 8.92. The monoisotopic (exact) mass is 538 g/mol. The van der Waals surface area contributed by atoms with Gasteiger partial charge in [-0.25, -0.2) is 13.1 Å². The van der Waals surface area contributed by atoms with Crippen molar-refractivity contribution in [3.05, 3.63) is 51.7 Å². The lowest BCUT2D eigenvalue weighted by Crippen LogP contribution is -2.36. The maximum Gasteiger partial charge on any atom is 0.240 e. The zero-order chi connectivity index (χ0) is 19.7. The third kappa shape index (κ3) is 7.66. The van der Waals surface area contributed by atoms with Gasteiger partial charge in [-0.15, -0.1) is 35.3 Å². The fourth-order valence-corrected chi connectivity index (χ4v) is 4.27. The molecule has 3 N–H and O–H groups in total. The van der Waals surface area contributed by atoms with Crippen molar-refractivity contribution in [3.8, 4) is 0 Å². The molecule has 0 unspecified atom stereocenters. The van der Waals surface area contributed by atoms with Crippen molar-refractivity contribution >= 4 is 51.3 Å². The number of aryl methyl sites for hydroxylation is 1. The molecule has 156 valence electrons. The molecule has 1 heterocycles. The number of hydrogen-bond donors (Lipinski definition) is 3. The van der Waals surface area contributed by atoms with Crippen LogP contribution < -0.4 is 15.4 Å². The summed E-state index contributed by atoms with van der Waals surface area (Å²) in [4.78, 5) is 5.70. The van der Waals surface area contributed by atoms with E-state index in [1.807, 2.05) is 6.07 Å². The lowest BCUT2D eigenvalue weighted by atomic mass is 10.2. The Labute approximate surface area is 188 Å². The lowest BCUT2D eigenvalue weighted by molar-refractivity contribution is 0.204. The number of nitrogens with zero attached hydrogens (tertiary/aromatic N) is 1. The minimum Gasteiger partial charge on any atom is -0.383 e. The molecule has 0 fully saturated rings. The number of sulfonamides is 1. The highest BCUT2D eigenvalue weighted by Crippen LogP contribution is 2.15. The van der Waals surface area contributed by atoms with Crippen LogP contribution in [0.1, 0.15) is 16.0 Å². The summed E-state index contributed by atoms with van der Waals surface area (Å²) >= 11 is 1.70. The van der Waals surface area contributed by atoms with E-state index in [2.05, 4.69) is 38.7 Å². The Morgan fingerprint density at radius 2 is 1.96 bits per heavy atom. The molecule has 0 saturated carbocycles. The highest BCUT2D eigenvalue weighted by Gasteiger charge is 2.13. The van der Waals surface area contributed by atoms with Gasteiger partial charge in [0.15, 0.2) is 5.96 Å². The Hall–Kier alpha value is -1.21. The number of halogens is 1. The van der Waals surface area contributed by atoms with Gasteiger partial charge in [0.25, 0.3) is 0 Å². The summed E-state index contributed by atoms with van der Waals surface area (Å²) in [5, 5.41) is 8.54. The van der Waals surface area contributed by atoms with Crippen LogP contribution in [0.3, 0.4) is 0 Å². The molecule has 0 aliphatic carbocycles. The molecule has 2 aromatic rings.